The second-order valence-corrected chi connectivity index (χ2v) is 8.59. The van der Waals surface area contributed by atoms with E-state index >= 15 is 0 Å². The predicted octanol–water partition coefficient (Wildman–Crippen LogP) is 4.73. The molecule has 1 heterocycles. The molecular formula is C22H34N4O2. The number of anilines is 1. The van der Waals surface area contributed by atoms with E-state index in [1.807, 2.05) is 0 Å². The van der Waals surface area contributed by atoms with Gasteiger partial charge in [-0.25, -0.2) is 4.57 Å². The van der Waals surface area contributed by atoms with Gasteiger partial charge in [-0.15, -0.1) is 10.2 Å². The first-order chi connectivity index (χ1) is 13.1. The number of rotatable bonds is 9. The first kappa shape index (κ1) is 21.9. The minimum absolute atomic E-state index is 0.0158. The van der Waals surface area contributed by atoms with Gasteiger partial charge in [0, 0.05) is 12.0 Å². The topological polar surface area (TPSA) is 83.0 Å². The maximum atomic E-state index is 12.1. The van der Waals surface area contributed by atoms with Crippen LogP contribution in [-0.2, 0) is 10.8 Å². The molecule has 0 amide bonds. The van der Waals surface area contributed by atoms with Crippen LogP contribution in [0.5, 0.6) is 5.75 Å². The first-order valence-corrected chi connectivity index (χ1v) is 10.1. The van der Waals surface area contributed by atoms with Crippen molar-refractivity contribution in [3.05, 3.63) is 35.7 Å². The van der Waals surface area contributed by atoms with E-state index in [-0.39, 0.29) is 22.7 Å². The molecule has 6 nitrogen and oxygen atoms in total. The monoisotopic (exact) mass is 386 g/mol. The number of ether oxygens (including phenoxy) is 1. The fourth-order valence-corrected chi connectivity index (χ4v) is 2.96. The second kappa shape index (κ2) is 8.76. The predicted molar refractivity (Wildman–Crippen MR) is 113 cm³/mol. The summed E-state index contributed by atoms with van der Waals surface area (Å²) >= 11 is 0. The molecule has 28 heavy (non-hydrogen) atoms. The lowest BCUT2D eigenvalue weighted by Gasteiger charge is -2.30. The van der Waals surface area contributed by atoms with Gasteiger partial charge < -0.3 is 10.5 Å². The first-order valence-electron chi connectivity index (χ1n) is 10.1. The van der Waals surface area contributed by atoms with Crippen molar-refractivity contribution in [3.8, 4) is 5.75 Å². The normalized spacial score (nSPS) is 12.2. The van der Waals surface area contributed by atoms with E-state index in [2.05, 4.69) is 69.9 Å². The fourth-order valence-electron chi connectivity index (χ4n) is 2.96. The van der Waals surface area contributed by atoms with Crippen LogP contribution in [0.1, 0.15) is 83.1 Å². The molecule has 0 bridgehead atoms. The van der Waals surface area contributed by atoms with E-state index in [1.54, 1.807) is 0 Å². The van der Waals surface area contributed by atoms with Crippen LogP contribution in [0.15, 0.2) is 24.5 Å². The minimum atomic E-state index is -0.125. The number of hydrogen-bond acceptors (Lipinski definition) is 5. The Balaban J connectivity index is 2.10. The van der Waals surface area contributed by atoms with Gasteiger partial charge in [0.25, 0.3) is 0 Å². The van der Waals surface area contributed by atoms with Gasteiger partial charge in [-0.3, -0.25) is 4.79 Å². The van der Waals surface area contributed by atoms with Crippen LogP contribution in [0.25, 0.3) is 0 Å². The number of nitrogen functional groups attached to an aromatic ring is 1. The van der Waals surface area contributed by atoms with Crippen LogP contribution in [0.3, 0.4) is 0 Å². The number of benzene rings is 1. The Kier molecular flexibility index (Phi) is 6.86. The molecule has 0 aliphatic heterocycles. The van der Waals surface area contributed by atoms with Gasteiger partial charge in [0.1, 0.15) is 12.1 Å². The van der Waals surface area contributed by atoms with Gasteiger partial charge in [0.05, 0.1) is 6.61 Å². The van der Waals surface area contributed by atoms with Crippen molar-refractivity contribution in [1.82, 2.24) is 14.8 Å². The zero-order chi connectivity index (χ0) is 20.9. The minimum Gasteiger partial charge on any atom is -0.493 e. The molecule has 0 saturated heterocycles. The molecule has 154 valence electrons. The van der Waals surface area contributed by atoms with Crippen molar-refractivity contribution in [2.24, 2.45) is 0 Å². The molecule has 2 rings (SSSR count). The van der Waals surface area contributed by atoms with E-state index in [4.69, 9.17) is 10.5 Å². The van der Waals surface area contributed by atoms with Gasteiger partial charge in [-0.2, -0.15) is 0 Å². The average Bonchev–Trinajstić information content (AvgIpc) is 3.11. The van der Waals surface area contributed by atoms with Crippen molar-refractivity contribution >= 4 is 11.9 Å². The summed E-state index contributed by atoms with van der Waals surface area (Å²) in [5.41, 5.74) is 8.32. The maximum Gasteiger partial charge on any atom is 0.234 e. The Morgan fingerprint density at radius 3 is 2.39 bits per heavy atom. The maximum absolute atomic E-state index is 12.1. The van der Waals surface area contributed by atoms with Crippen LogP contribution < -0.4 is 10.5 Å². The van der Waals surface area contributed by atoms with E-state index < -0.39 is 0 Å². The molecule has 2 aromatic rings. The molecular weight excluding hydrogens is 352 g/mol. The van der Waals surface area contributed by atoms with E-state index in [9.17, 15) is 4.79 Å². The standard InChI is InChI=1S/C22H34N4O2/c1-7-21(3,4)16-11-12-18(17(14-16)22(5,6)8-2)28-13-9-10-19(27)26-15-24-25-20(26)23/h11-12,14-15H,7-10,13H2,1-6H3,(H2,23,25). The second-order valence-electron chi connectivity index (χ2n) is 8.59. The zero-order valence-corrected chi connectivity index (χ0v) is 18.1. The fraction of sp³-hybridized carbons (Fsp3) is 0.591. The van der Waals surface area contributed by atoms with E-state index in [0.717, 1.165) is 18.6 Å². The summed E-state index contributed by atoms with van der Waals surface area (Å²) in [4.78, 5) is 12.1. The number of nitrogens with two attached hydrogens (primary N) is 1. The molecule has 1 aromatic heterocycles. The van der Waals surface area contributed by atoms with Gasteiger partial charge in [-0.05, 0) is 41.7 Å². The molecule has 6 heteroatoms. The smallest absolute Gasteiger partial charge is 0.234 e. The molecule has 1 aromatic carbocycles. The quantitative estimate of drug-likeness (QED) is 0.630. The summed E-state index contributed by atoms with van der Waals surface area (Å²) < 4.78 is 7.37. The molecule has 0 radical (unpaired) electrons. The third-order valence-corrected chi connectivity index (χ3v) is 5.89. The molecule has 0 spiro atoms. The molecule has 0 aliphatic rings. The van der Waals surface area contributed by atoms with Crippen LogP contribution in [0, 0.1) is 0 Å². The molecule has 0 unspecified atom stereocenters. The highest BCUT2D eigenvalue weighted by Crippen LogP contribution is 2.38. The molecule has 0 aliphatic carbocycles. The lowest BCUT2D eigenvalue weighted by molar-refractivity contribution is 0.0895. The third-order valence-electron chi connectivity index (χ3n) is 5.89. The van der Waals surface area contributed by atoms with Crippen molar-refractivity contribution in [2.75, 3.05) is 12.3 Å². The number of carbonyl (C=O) groups excluding carboxylic acids is 1. The SMILES string of the molecule is CCC(C)(C)c1ccc(OCCCC(=O)n2cnnc2N)c(C(C)(C)CC)c1. The van der Waals surface area contributed by atoms with Gasteiger partial charge in [0.2, 0.25) is 11.9 Å². The van der Waals surface area contributed by atoms with Crippen molar-refractivity contribution in [2.45, 2.75) is 78.1 Å². The Labute approximate surface area is 168 Å². The summed E-state index contributed by atoms with van der Waals surface area (Å²) in [7, 11) is 0. The average molecular weight is 387 g/mol. The molecule has 2 N–H and O–H groups in total. The Morgan fingerprint density at radius 1 is 1.14 bits per heavy atom. The van der Waals surface area contributed by atoms with Gasteiger partial charge in [0.15, 0.2) is 0 Å². The number of nitrogens with zero attached hydrogens (tertiary/aromatic N) is 3. The van der Waals surface area contributed by atoms with Gasteiger partial charge in [-0.1, -0.05) is 53.7 Å². The summed E-state index contributed by atoms with van der Waals surface area (Å²) in [5.74, 6) is 0.894. The lowest BCUT2D eigenvalue weighted by Crippen LogP contribution is -2.21. The summed E-state index contributed by atoms with van der Waals surface area (Å²) in [6.07, 6.45) is 4.37. The van der Waals surface area contributed by atoms with Crippen molar-refractivity contribution < 1.29 is 9.53 Å². The van der Waals surface area contributed by atoms with Crippen LogP contribution in [-0.4, -0.2) is 27.3 Å². The van der Waals surface area contributed by atoms with E-state index in [0.29, 0.717) is 19.4 Å². The number of carbonyl (C=O) groups is 1. The molecule has 0 saturated carbocycles. The Morgan fingerprint density at radius 2 is 1.82 bits per heavy atom. The van der Waals surface area contributed by atoms with Crippen LogP contribution in [0.4, 0.5) is 5.95 Å². The highest BCUT2D eigenvalue weighted by molar-refractivity contribution is 5.80. The van der Waals surface area contributed by atoms with Crippen LogP contribution >= 0.6 is 0 Å². The van der Waals surface area contributed by atoms with Gasteiger partial charge >= 0.3 is 0 Å². The summed E-state index contributed by atoms with van der Waals surface area (Å²) in [5, 5.41) is 7.27. The Bertz CT molecular complexity index is 809. The largest absolute Gasteiger partial charge is 0.493 e. The number of hydrogen-bond donors (Lipinski definition) is 1. The van der Waals surface area contributed by atoms with Crippen LogP contribution in [0.2, 0.25) is 0 Å². The Hall–Kier alpha value is -2.37. The van der Waals surface area contributed by atoms with Crippen molar-refractivity contribution in [3.63, 3.8) is 0 Å². The summed E-state index contributed by atoms with van der Waals surface area (Å²) in [6.45, 7) is 13.9. The third kappa shape index (κ3) is 4.91. The highest BCUT2D eigenvalue weighted by atomic mass is 16.5. The van der Waals surface area contributed by atoms with Crippen molar-refractivity contribution in [1.29, 1.82) is 0 Å². The van der Waals surface area contributed by atoms with E-state index in [1.165, 1.54) is 22.0 Å². The zero-order valence-electron chi connectivity index (χ0n) is 18.1. The number of aromatic nitrogens is 3. The molecule has 0 atom stereocenters. The lowest BCUT2D eigenvalue weighted by atomic mass is 9.76. The highest BCUT2D eigenvalue weighted by Gasteiger charge is 2.26. The summed E-state index contributed by atoms with van der Waals surface area (Å²) in [6, 6.07) is 6.54. The molecule has 0 fully saturated rings.